The summed E-state index contributed by atoms with van der Waals surface area (Å²) in [6, 6.07) is 0.0242. The van der Waals surface area contributed by atoms with E-state index in [9.17, 15) is 14.4 Å². The molecule has 1 aliphatic heterocycles. The maximum absolute atomic E-state index is 12.3. The summed E-state index contributed by atoms with van der Waals surface area (Å²) in [6.45, 7) is 2.89. The lowest BCUT2D eigenvalue weighted by Gasteiger charge is -2.28. The van der Waals surface area contributed by atoms with E-state index in [1.807, 2.05) is 4.90 Å². The van der Waals surface area contributed by atoms with Crippen molar-refractivity contribution in [3.05, 3.63) is 0 Å². The van der Waals surface area contributed by atoms with Gasteiger partial charge in [-0.25, -0.2) is 4.79 Å². The molecule has 2 aliphatic rings. The molecular weight excluding hydrogens is 304 g/mol. The molecule has 0 aromatic rings. The first kappa shape index (κ1) is 17.1. The molecule has 1 saturated heterocycles. The molecule has 2 amide bonds. The summed E-state index contributed by atoms with van der Waals surface area (Å²) in [5.41, 5.74) is -0.576. The van der Waals surface area contributed by atoms with Gasteiger partial charge in [-0.15, -0.1) is 0 Å². The number of carbonyl (C=O) groups is 3. The highest BCUT2D eigenvalue weighted by Crippen LogP contribution is 2.51. The van der Waals surface area contributed by atoms with E-state index in [2.05, 4.69) is 0 Å². The van der Waals surface area contributed by atoms with Gasteiger partial charge in [0.05, 0.1) is 12.5 Å². The van der Waals surface area contributed by atoms with Gasteiger partial charge in [-0.2, -0.15) is 0 Å². The second-order valence-electron chi connectivity index (χ2n) is 6.56. The van der Waals surface area contributed by atoms with Crippen LogP contribution in [0.4, 0.5) is 4.79 Å². The Kier molecular flexibility index (Phi) is 5.04. The van der Waals surface area contributed by atoms with E-state index in [-0.39, 0.29) is 17.1 Å². The van der Waals surface area contributed by atoms with Crippen LogP contribution in [0.3, 0.4) is 0 Å². The van der Waals surface area contributed by atoms with Crippen molar-refractivity contribution < 1.29 is 19.1 Å². The van der Waals surface area contributed by atoms with Crippen molar-refractivity contribution in [3.63, 3.8) is 0 Å². The molecule has 2 fully saturated rings. The molecule has 0 N–H and O–H groups in total. The summed E-state index contributed by atoms with van der Waals surface area (Å²) < 4.78 is 5.00. The molecule has 1 heterocycles. The minimum Gasteiger partial charge on any atom is -0.469 e. The molecule has 124 valence electrons. The number of thioether (sulfide) groups is 1. The van der Waals surface area contributed by atoms with Crippen molar-refractivity contribution in [2.24, 2.45) is 17.3 Å². The smallest absolute Gasteiger partial charge is 0.319 e. The average Bonchev–Trinajstić information content (AvgIpc) is 2.99. The van der Waals surface area contributed by atoms with Crippen molar-refractivity contribution in [2.75, 3.05) is 40.0 Å². The highest BCUT2D eigenvalue weighted by Gasteiger charge is 2.54. The number of carbonyl (C=O) groups excluding carboxylic acids is 3. The van der Waals surface area contributed by atoms with E-state index < -0.39 is 5.41 Å². The molecular formula is C15H24N2O4S. The van der Waals surface area contributed by atoms with Crippen molar-refractivity contribution in [1.29, 1.82) is 0 Å². The largest absolute Gasteiger partial charge is 0.469 e. The number of amides is 2. The molecule has 7 heteroatoms. The number of ether oxygens (including phenoxy) is 1. The van der Waals surface area contributed by atoms with Crippen molar-refractivity contribution in [3.8, 4) is 0 Å². The monoisotopic (exact) mass is 328 g/mol. The van der Waals surface area contributed by atoms with Crippen molar-refractivity contribution in [1.82, 2.24) is 9.80 Å². The fourth-order valence-corrected chi connectivity index (χ4v) is 4.56. The summed E-state index contributed by atoms with van der Waals surface area (Å²) in [6.07, 6.45) is 1.39. The van der Waals surface area contributed by atoms with Crippen LogP contribution in [-0.4, -0.2) is 67.0 Å². The molecule has 6 nitrogen and oxygen atoms in total. The summed E-state index contributed by atoms with van der Waals surface area (Å²) in [4.78, 5) is 39.0. The number of urea groups is 1. The van der Waals surface area contributed by atoms with E-state index in [1.165, 1.54) is 25.8 Å². The predicted molar refractivity (Wildman–Crippen MR) is 84.5 cm³/mol. The van der Waals surface area contributed by atoms with Crippen LogP contribution in [0.25, 0.3) is 0 Å². The number of fused-ring (bicyclic) bond motifs is 1. The van der Waals surface area contributed by atoms with E-state index in [4.69, 9.17) is 4.74 Å². The first-order valence-corrected chi connectivity index (χ1v) is 8.45. The van der Waals surface area contributed by atoms with Gasteiger partial charge in [-0.05, 0) is 24.7 Å². The molecule has 0 radical (unpaired) electrons. The van der Waals surface area contributed by atoms with Gasteiger partial charge in [0.2, 0.25) is 0 Å². The molecule has 0 spiro atoms. The van der Waals surface area contributed by atoms with Gasteiger partial charge in [0.25, 0.3) is 0 Å². The van der Waals surface area contributed by atoms with Crippen LogP contribution in [0.2, 0.25) is 0 Å². The first-order chi connectivity index (χ1) is 10.3. The van der Waals surface area contributed by atoms with Crippen LogP contribution in [-0.2, 0) is 14.3 Å². The van der Waals surface area contributed by atoms with Gasteiger partial charge in [0.1, 0.15) is 0 Å². The lowest BCUT2D eigenvalue weighted by Crippen LogP contribution is -2.40. The second kappa shape index (κ2) is 6.48. The predicted octanol–water partition coefficient (Wildman–Crippen LogP) is 1.45. The highest BCUT2D eigenvalue weighted by molar-refractivity contribution is 8.13. The van der Waals surface area contributed by atoms with E-state index in [1.54, 1.807) is 19.0 Å². The lowest BCUT2D eigenvalue weighted by molar-refractivity contribution is -0.151. The Morgan fingerprint density at radius 1 is 1.23 bits per heavy atom. The lowest BCUT2D eigenvalue weighted by atomic mass is 9.86. The zero-order valence-electron chi connectivity index (χ0n) is 13.6. The zero-order valence-corrected chi connectivity index (χ0v) is 14.4. The number of rotatable bonds is 3. The second-order valence-corrected chi connectivity index (χ2v) is 7.71. The number of hydrogen-bond donors (Lipinski definition) is 0. The van der Waals surface area contributed by atoms with Gasteiger partial charge in [-0.3, -0.25) is 9.59 Å². The molecule has 1 saturated carbocycles. The third kappa shape index (κ3) is 3.24. The van der Waals surface area contributed by atoms with Crippen LogP contribution in [0.5, 0.6) is 0 Å². The van der Waals surface area contributed by atoms with E-state index in [0.29, 0.717) is 43.5 Å². The number of methoxy groups -OCH3 is 1. The molecule has 2 atom stereocenters. The molecule has 2 rings (SSSR count). The maximum atomic E-state index is 12.3. The minimum absolute atomic E-state index is 0.0183. The van der Waals surface area contributed by atoms with E-state index >= 15 is 0 Å². The SMILES string of the molecule is COC(=O)C1(CSC(C)=O)C[C@@H]2CN(C(=O)N(C)C)C[C@H]2C1. The molecule has 0 bridgehead atoms. The Morgan fingerprint density at radius 2 is 1.77 bits per heavy atom. The standard InChI is InChI=1S/C15H24N2O4S/c1-10(18)22-9-15(13(19)21-4)5-11-7-17(8-12(11)6-15)14(20)16(2)3/h11-12H,5-9H2,1-4H3/t11-,12-/m1/s1. The Labute approximate surface area is 135 Å². The normalized spacial score (nSPS) is 25.7. The number of likely N-dealkylation sites (tertiary alicyclic amines) is 1. The molecule has 1 aliphatic carbocycles. The summed E-state index contributed by atoms with van der Waals surface area (Å²) in [7, 11) is 4.90. The van der Waals surface area contributed by atoms with Crippen molar-refractivity contribution >= 4 is 28.9 Å². The number of hydrogen-bond acceptors (Lipinski definition) is 5. The minimum atomic E-state index is -0.576. The molecule has 0 aromatic heterocycles. The van der Waals surface area contributed by atoms with Crippen LogP contribution in [0, 0.1) is 17.3 Å². The van der Waals surface area contributed by atoms with Gasteiger partial charge < -0.3 is 14.5 Å². The fraction of sp³-hybridized carbons (Fsp3) is 0.800. The molecule has 0 aromatic carbocycles. The Morgan fingerprint density at radius 3 is 2.18 bits per heavy atom. The third-order valence-electron chi connectivity index (χ3n) is 4.71. The third-order valence-corrected chi connectivity index (χ3v) is 5.81. The highest BCUT2D eigenvalue weighted by atomic mass is 32.2. The quantitative estimate of drug-likeness (QED) is 0.734. The van der Waals surface area contributed by atoms with Crippen molar-refractivity contribution in [2.45, 2.75) is 19.8 Å². The average molecular weight is 328 g/mol. The van der Waals surface area contributed by atoms with E-state index in [0.717, 1.165) is 0 Å². The number of nitrogens with zero attached hydrogens (tertiary/aromatic N) is 2. The van der Waals surface area contributed by atoms with Gasteiger partial charge >= 0.3 is 12.0 Å². The van der Waals surface area contributed by atoms with Gasteiger partial charge in [0.15, 0.2) is 5.12 Å². The number of esters is 1. The van der Waals surface area contributed by atoms with Crippen LogP contribution in [0.15, 0.2) is 0 Å². The maximum Gasteiger partial charge on any atom is 0.319 e. The van der Waals surface area contributed by atoms with Crippen LogP contribution in [0.1, 0.15) is 19.8 Å². The topological polar surface area (TPSA) is 66.9 Å². The molecule has 0 unspecified atom stereocenters. The fourth-order valence-electron chi connectivity index (χ4n) is 3.73. The Bertz CT molecular complexity index is 466. The summed E-state index contributed by atoms with van der Waals surface area (Å²) >= 11 is 1.19. The zero-order chi connectivity index (χ0) is 16.5. The Hall–Kier alpha value is -1.24. The Balaban J connectivity index is 2.06. The van der Waals surface area contributed by atoms with Crippen LogP contribution < -0.4 is 0 Å². The van der Waals surface area contributed by atoms with Gasteiger partial charge in [-0.1, -0.05) is 11.8 Å². The summed E-state index contributed by atoms with van der Waals surface area (Å²) in [5.74, 6) is 0.885. The first-order valence-electron chi connectivity index (χ1n) is 7.47. The van der Waals surface area contributed by atoms with Crippen LogP contribution >= 0.6 is 11.8 Å². The summed E-state index contributed by atoms with van der Waals surface area (Å²) in [5, 5.41) is 0.0183. The van der Waals surface area contributed by atoms with Gasteiger partial charge in [0, 0.05) is 39.9 Å². The molecule has 22 heavy (non-hydrogen) atoms.